The van der Waals surface area contributed by atoms with E-state index in [1.807, 2.05) is 18.2 Å². The van der Waals surface area contributed by atoms with Crippen molar-refractivity contribution in [2.24, 2.45) is 7.05 Å². The number of benzene rings is 1. The fourth-order valence-corrected chi connectivity index (χ4v) is 4.36. The van der Waals surface area contributed by atoms with Crippen molar-refractivity contribution in [3.63, 3.8) is 0 Å². The molecule has 1 aromatic carbocycles. The minimum absolute atomic E-state index is 0.126. The number of imidazole rings is 1. The number of carboxylic acid groups (broad SMARTS) is 1. The average molecular weight is 395 g/mol. The molecule has 0 bridgehead atoms. The first-order chi connectivity index (χ1) is 13.3. The maximum absolute atomic E-state index is 14.5. The second kappa shape index (κ2) is 6.77. The molecule has 2 aromatic rings. The Morgan fingerprint density at radius 2 is 1.93 bits per heavy atom. The van der Waals surface area contributed by atoms with Crippen LogP contribution in [0.15, 0.2) is 23.0 Å². The number of aromatic amines is 1. The molecule has 152 valence electrons. The normalized spacial score (nSPS) is 23.3. The number of carbonyl (C=O) groups is 1. The third-order valence-electron chi connectivity index (χ3n) is 5.82. The molecule has 1 atom stereocenters. The highest BCUT2D eigenvalue weighted by Crippen LogP contribution is 2.33. The number of halogens is 2. The van der Waals surface area contributed by atoms with Gasteiger partial charge in [-0.2, -0.15) is 0 Å². The molecule has 8 nitrogen and oxygen atoms in total. The van der Waals surface area contributed by atoms with Gasteiger partial charge in [-0.15, -0.1) is 0 Å². The van der Waals surface area contributed by atoms with Gasteiger partial charge in [-0.3, -0.25) is 9.47 Å². The van der Waals surface area contributed by atoms with Crippen molar-refractivity contribution in [2.75, 3.05) is 44.2 Å². The minimum atomic E-state index is -3.07. The van der Waals surface area contributed by atoms with Crippen LogP contribution in [0.5, 0.6) is 0 Å². The van der Waals surface area contributed by atoms with Crippen LogP contribution in [0.1, 0.15) is 6.42 Å². The summed E-state index contributed by atoms with van der Waals surface area (Å²) < 4.78 is 30.7. The van der Waals surface area contributed by atoms with Gasteiger partial charge in [0.1, 0.15) is 0 Å². The molecule has 2 aliphatic rings. The Labute approximate surface area is 159 Å². The van der Waals surface area contributed by atoms with Crippen molar-refractivity contribution in [2.45, 2.75) is 18.4 Å². The number of anilines is 1. The first-order valence-electron chi connectivity index (χ1n) is 9.30. The molecule has 0 saturated carbocycles. The zero-order chi connectivity index (χ0) is 20.1. The fraction of sp³-hybridized carbons (Fsp3) is 0.556. The molecule has 2 aliphatic heterocycles. The van der Waals surface area contributed by atoms with Crippen LogP contribution in [0.2, 0.25) is 0 Å². The number of aromatic nitrogens is 2. The summed E-state index contributed by atoms with van der Waals surface area (Å²) in [5, 5.41) is 8.98. The second-order valence-electron chi connectivity index (χ2n) is 7.46. The van der Waals surface area contributed by atoms with Crippen LogP contribution in [0.4, 0.5) is 19.3 Å². The summed E-state index contributed by atoms with van der Waals surface area (Å²) >= 11 is 0. The van der Waals surface area contributed by atoms with Gasteiger partial charge in [-0.1, -0.05) is 6.07 Å². The molecular weight excluding hydrogens is 372 g/mol. The van der Waals surface area contributed by atoms with E-state index in [0.717, 1.165) is 21.6 Å². The number of fused-ring (bicyclic) bond motifs is 1. The third-order valence-corrected chi connectivity index (χ3v) is 5.82. The lowest BCUT2D eigenvalue weighted by Gasteiger charge is -2.46. The van der Waals surface area contributed by atoms with Crippen molar-refractivity contribution in [1.82, 2.24) is 19.4 Å². The standard InChI is InChI=1S/C18H23F2N5O3/c1-22-15-12(21-16(22)26)3-2-4-13(15)23-7-9-24(10-8-23)14-5-6-25(17(27)28)11-18(14,19)20/h2-4,14H,5-11H2,1H3,(H,21,26)(H,27,28)/t14-/m1/s1. The molecule has 4 rings (SSSR count). The summed E-state index contributed by atoms with van der Waals surface area (Å²) in [6, 6.07) is 4.70. The lowest BCUT2D eigenvalue weighted by Crippen LogP contribution is -2.62. The van der Waals surface area contributed by atoms with Crippen LogP contribution in [-0.2, 0) is 7.05 Å². The highest BCUT2D eigenvalue weighted by molar-refractivity contribution is 5.89. The monoisotopic (exact) mass is 395 g/mol. The molecule has 2 N–H and O–H groups in total. The van der Waals surface area contributed by atoms with E-state index in [4.69, 9.17) is 5.11 Å². The lowest BCUT2D eigenvalue weighted by molar-refractivity contribution is -0.122. The summed E-state index contributed by atoms with van der Waals surface area (Å²) in [5.74, 6) is -3.07. The van der Waals surface area contributed by atoms with Gasteiger partial charge < -0.3 is 19.9 Å². The van der Waals surface area contributed by atoms with Crippen LogP contribution in [0.25, 0.3) is 11.0 Å². The van der Waals surface area contributed by atoms with E-state index in [1.165, 1.54) is 0 Å². The van der Waals surface area contributed by atoms with Gasteiger partial charge in [-0.25, -0.2) is 18.4 Å². The summed E-state index contributed by atoms with van der Waals surface area (Å²) in [4.78, 5) is 30.4. The number of piperazine rings is 1. The number of alkyl halides is 2. The van der Waals surface area contributed by atoms with Crippen molar-refractivity contribution in [3.8, 4) is 0 Å². The predicted octanol–water partition coefficient (Wildman–Crippen LogP) is 1.38. The smallest absolute Gasteiger partial charge is 0.407 e. The number of nitrogens with zero attached hydrogens (tertiary/aromatic N) is 4. The zero-order valence-corrected chi connectivity index (χ0v) is 15.6. The molecule has 0 spiro atoms. The zero-order valence-electron chi connectivity index (χ0n) is 15.6. The number of hydrogen-bond donors (Lipinski definition) is 2. The molecule has 0 unspecified atom stereocenters. The fourth-order valence-electron chi connectivity index (χ4n) is 4.36. The Kier molecular flexibility index (Phi) is 4.53. The van der Waals surface area contributed by atoms with E-state index in [9.17, 15) is 18.4 Å². The summed E-state index contributed by atoms with van der Waals surface area (Å²) in [5.41, 5.74) is 2.28. The van der Waals surface area contributed by atoms with Gasteiger partial charge in [0.05, 0.1) is 29.3 Å². The number of piperidine rings is 1. The number of nitrogens with one attached hydrogen (secondary N) is 1. The molecular formula is C18H23F2N5O3. The number of para-hydroxylation sites is 1. The quantitative estimate of drug-likeness (QED) is 0.803. The minimum Gasteiger partial charge on any atom is -0.465 e. The van der Waals surface area contributed by atoms with E-state index in [-0.39, 0.29) is 18.7 Å². The van der Waals surface area contributed by atoms with Crippen LogP contribution in [0.3, 0.4) is 0 Å². The van der Waals surface area contributed by atoms with E-state index >= 15 is 0 Å². The van der Waals surface area contributed by atoms with Gasteiger partial charge in [0, 0.05) is 39.8 Å². The lowest BCUT2D eigenvalue weighted by atomic mass is 9.98. The molecule has 0 radical (unpaired) electrons. The Bertz CT molecular complexity index is 948. The van der Waals surface area contributed by atoms with Crippen LogP contribution in [0, 0.1) is 0 Å². The number of hydrogen-bond acceptors (Lipinski definition) is 4. The molecule has 3 heterocycles. The van der Waals surface area contributed by atoms with Crippen LogP contribution < -0.4 is 10.6 Å². The highest BCUT2D eigenvalue weighted by Gasteiger charge is 2.49. The summed E-state index contributed by atoms with van der Waals surface area (Å²) in [7, 11) is 1.71. The van der Waals surface area contributed by atoms with Crippen LogP contribution >= 0.6 is 0 Å². The Morgan fingerprint density at radius 1 is 1.21 bits per heavy atom. The predicted molar refractivity (Wildman–Crippen MR) is 100 cm³/mol. The van der Waals surface area contributed by atoms with E-state index in [1.54, 1.807) is 16.5 Å². The molecule has 10 heteroatoms. The van der Waals surface area contributed by atoms with E-state index < -0.39 is 24.6 Å². The van der Waals surface area contributed by atoms with E-state index in [2.05, 4.69) is 9.88 Å². The molecule has 2 fully saturated rings. The molecule has 28 heavy (non-hydrogen) atoms. The van der Waals surface area contributed by atoms with Gasteiger partial charge in [0.25, 0.3) is 5.92 Å². The molecule has 2 saturated heterocycles. The van der Waals surface area contributed by atoms with Crippen molar-refractivity contribution in [3.05, 3.63) is 28.7 Å². The van der Waals surface area contributed by atoms with Crippen molar-refractivity contribution >= 4 is 22.8 Å². The molecule has 0 aliphatic carbocycles. The van der Waals surface area contributed by atoms with Gasteiger partial charge in [-0.05, 0) is 18.6 Å². The molecule has 1 aromatic heterocycles. The average Bonchev–Trinajstić information content (AvgIpc) is 2.95. The Balaban J connectivity index is 1.49. The number of aryl methyl sites for hydroxylation is 1. The van der Waals surface area contributed by atoms with Crippen molar-refractivity contribution in [1.29, 1.82) is 0 Å². The first kappa shape index (κ1) is 18.7. The van der Waals surface area contributed by atoms with E-state index in [0.29, 0.717) is 26.2 Å². The number of H-pyrrole nitrogens is 1. The Hall–Kier alpha value is -2.62. The number of amides is 1. The maximum Gasteiger partial charge on any atom is 0.407 e. The van der Waals surface area contributed by atoms with Gasteiger partial charge >= 0.3 is 11.8 Å². The Morgan fingerprint density at radius 3 is 2.57 bits per heavy atom. The van der Waals surface area contributed by atoms with Crippen LogP contribution in [-0.4, -0.2) is 81.8 Å². The first-order valence-corrected chi connectivity index (χ1v) is 9.30. The highest BCUT2D eigenvalue weighted by atomic mass is 19.3. The topological polar surface area (TPSA) is 84.8 Å². The van der Waals surface area contributed by atoms with Gasteiger partial charge in [0.15, 0.2) is 0 Å². The maximum atomic E-state index is 14.5. The SMILES string of the molecule is Cn1c(=O)[nH]c2cccc(N3CCN([C@@H]4CCN(C(=O)O)CC4(F)F)CC3)c21. The number of likely N-dealkylation sites (tertiary alicyclic amines) is 1. The largest absolute Gasteiger partial charge is 0.465 e. The summed E-state index contributed by atoms with van der Waals surface area (Å²) in [6.07, 6.45) is -1.17. The van der Waals surface area contributed by atoms with Gasteiger partial charge in [0.2, 0.25) is 0 Å². The second-order valence-corrected chi connectivity index (χ2v) is 7.46. The third kappa shape index (κ3) is 3.11. The molecule has 1 amide bonds. The van der Waals surface area contributed by atoms with Crippen molar-refractivity contribution < 1.29 is 18.7 Å². The number of rotatable bonds is 2. The summed E-state index contributed by atoms with van der Waals surface area (Å²) in [6.45, 7) is 1.42.